The fraction of sp³-hybridized carbons (Fsp3) is 0.226. The number of hydrogen-bond donors (Lipinski definition) is 1. The van der Waals surface area contributed by atoms with Gasteiger partial charge in [0.05, 0.1) is 17.1 Å². The highest BCUT2D eigenvalue weighted by atomic mass is 35.5. The minimum Gasteiger partial charge on any atom is -0.316 e. The lowest BCUT2D eigenvalue weighted by Gasteiger charge is -2.39. The third kappa shape index (κ3) is 4.35. The number of carbonyl (C=O) groups excluding carboxylic acids is 2. The molecule has 3 aromatic carbocycles. The Hall–Kier alpha value is -4.03. The summed E-state index contributed by atoms with van der Waals surface area (Å²) in [6, 6.07) is 24.9. The van der Waals surface area contributed by atoms with E-state index in [1.807, 2.05) is 104 Å². The van der Waals surface area contributed by atoms with Gasteiger partial charge in [-0.25, -0.2) is 4.79 Å². The van der Waals surface area contributed by atoms with Gasteiger partial charge in [-0.3, -0.25) is 9.69 Å². The van der Waals surface area contributed by atoms with Gasteiger partial charge < -0.3 is 14.8 Å². The first-order valence-corrected chi connectivity index (χ1v) is 13.3. The predicted octanol–water partition coefficient (Wildman–Crippen LogP) is 6.88. The molecule has 6 rings (SSSR count). The molecule has 2 heterocycles. The van der Waals surface area contributed by atoms with Crippen molar-refractivity contribution in [3.05, 3.63) is 112 Å². The molecule has 0 saturated heterocycles. The SMILES string of the molecule is Cc1cccc(C)c1NC(=O)N(CC(=O)N1c2ccccc2-n2cccc2C1c1cccc(Cl)c1)C1CC1. The van der Waals surface area contributed by atoms with Crippen LogP contribution in [0.15, 0.2) is 85.1 Å². The maximum absolute atomic E-state index is 14.3. The molecule has 1 saturated carbocycles. The third-order valence-electron chi connectivity index (χ3n) is 7.42. The van der Waals surface area contributed by atoms with E-state index in [1.165, 1.54) is 0 Å². The van der Waals surface area contributed by atoms with Crippen molar-refractivity contribution in [3.8, 4) is 5.69 Å². The number of carbonyl (C=O) groups is 2. The molecular weight excluding hydrogens is 496 g/mol. The van der Waals surface area contributed by atoms with Gasteiger partial charge in [0.1, 0.15) is 12.6 Å². The van der Waals surface area contributed by atoms with E-state index < -0.39 is 0 Å². The predicted molar refractivity (Wildman–Crippen MR) is 151 cm³/mol. The highest BCUT2D eigenvalue weighted by molar-refractivity contribution is 6.30. The highest BCUT2D eigenvalue weighted by Crippen LogP contribution is 2.43. The van der Waals surface area contributed by atoms with E-state index in [-0.39, 0.29) is 30.6 Å². The Morgan fingerprint density at radius 3 is 2.34 bits per heavy atom. The van der Waals surface area contributed by atoms with Gasteiger partial charge in [-0.1, -0.05) is 54.1 Å². The number of nitrogens with one attached hydrogen (secondary N) is 1. The Morgan fingerprint density at radius 1 is 0.921 bits per heavy atom. The zero-order valence-corrected chi connectivity index (χ0v) is 22.2. The normalized spacial score (nSPS) is 16.0. The number of urea groups is 1. The standard InChI is InChI=1S/C31H29ClN4O2/c1-20-8-5-9-21(2)29(20)33-31(38)35(24-15-16-24)19-28(37)36-26-13-4-3-12-25(26)34-17-7-14-27(34)30(36)22-10-6-11-23(32)18-22/h3-14,17-18,24,30H,15-16,19H2,1-2H3,(H,33,38). The molecule has 3 amide bonds. The van der Waals surface area contributed by atoms with Gasteiger partial charge in [0, 0.05) is 22.9 Å². The summed E-state index contributed by atoms with van der Waals surface area (Å²) in [7, 11) is 0. The molecule has 0 bridgehead atoms. The average Bonchev–Trinajstić information content (AvgIpc) is 3.63. The number of halogens is 1. The molecule has 0 spiro atoms. The summed E-state index contributed by atoms with van der Waals surface area (Å²) < 4.78 is 2.12. The van der Waals surface area contributed by atoms with E-state index in [9.17, 15) is 9.59 Å². The molecule has 1 unspecified atom stereocenters. The number of nitrogens with zero attached hydrogens (tertiary/aromatic N) is 3. The maximum atomic E-state index is 14.3. The molecule has 1 aromatic heterocycles. The summed E-state index contributed by atoms with van der Waals surface area (Å²) in [6.45, 7) is 3.93. The van der Waals surface area contributed by atoms with E-state index in [0.717, 1.165) is 52.3 Å². The van der Waals surface area contributed by atoms with Crippen LogP contribution in [0.1, 0.15) is 41.3 Å². The minimum atomic E-state index is -0.381. The number of fused-ring (bicyclic) bond motifs is 3. The molecule has 38 heavy (non-hydrogen) atoms. The number of para-hydroxylation sites is 3. The second-order valence-electron chi connectivity index (χ2n) is 10.1. The van der Waals surface area contributed by atoms with Crippen molar-refractivity contribution >= 4 is 34.9 Å². The summed E-state index contributed by atoms with van der Waals surface area (Å²) in [5.74, 6) is -0.140. The van der Waals surface area contributed by atoms with Gasteiger partial charge in [-0.05, 0) is 79.8 Å². The lowest BCUT2D eigenvalue weighted by Crippen LogP contribution is -2.48. The molecule has 192 valence electrons. The Labute approximate surface area is 227 Å². The number of hydrogen-bond acceptors (Lipinski definition) is 2. The molecule has 1 N–H and O–H groups in total. The Morgan fingerprint density at radius 2 is 1.63 bits per heavy atom. The molecule has 1 atom stereocenters. The first-order chi connectivity index (χ1) is 18.4. The molecular formula is C31H29ClN4O2. The largest absolute Gasteiger partial charge is 0.322 e. The van der Waals surface area contributed by atoms with Crippen LogP contribution in [0.4, 0.5) is 16.2 Å². The molecule has 0 radical (unpaired) electrons. The van der Waals surface area contributed by atoms with Gasteiger partial charge >= 0.3 is 6.03 Å². The van der Waals surface area contributed by atoms with Crippen LogP contribution in [0.25, 0.3) is 5.69 Å². The van der Waals surface area contributed by atoms with E-state index in [0.29, 0.717) is 5.02 Å². The van der Waals surface area contributed by atoms with Gasteiger partial charge in [-0.15, -0.1) is 0 Å². The number of anilines is 2. The maximum Gasteiger partial charge on any atom is 0.322 e. The Balaban J connectivity index is 1.37. The van der Waals surface area contributed by atoms with E-state index in [2.05, 4.69) is 9.88 Å². The average molecular weight is 525 g/mol. The van der Waals surface area contributed by atoms with E-state index in [4.69, 9.17) is 11.6 Å². The van der Waals surface area contributed by atoms with Crippen molar-refractivity contribution < 1.29 is 9.59 Å². The first-order valence-electron chi connectivity index (χ1n) is 12.9. The Bertz CT molecular complexity index is 1520. The lowest BCUT2D eigenvalue weighted by atomic mass is 9.97. The van der Waals surface area contributed by atoms with Crippen molar-refractivity contribution in [3.63, 3.8) is 0 Å². The van der Waals surface area contributed by atoms with Crippen molar-refractivity contribution in [1.82, 2.24) is 9.47 Å². The molecule has 2 aliphatic rings. The van der Waals surface area contributed by atoms with Crippen LogP contribution in [-0.4, -0.2) is 34.0 Å². The zero-order valence-electron chi connectivity index (χ0n) is 21.4. The minimum absolute atomic E-state index is 0.0203. The number of benzene rings is 3. The summed E-state index contributed by atoms with van der Waals surface area (Å²) in [5, 5.41) is 3.69. The third-order valence-corrected chi connectivity index (χ3v) is 7.65. The van der Waals surface area contributed by atoms with Crippen LogP contribution in [0.2, 0.25) is 5.02 Å². The fourth-order valence-corrected chi connectivity index (χ4v) is 5.62. The smallest absolute Gasteiger partial charge is 0.316 e. The molecule has 1 aliphatic carbocycles. The van der Waals surface area contributed by atoms with Crippen LogP contribution < -0.4 is 10.2 Å². The van der Waals surface area contributed by atoms with Gasteiger partial charge in [0.2, 0.25) is 5.91 Å². The van der Waals surface area contributed by atoms with Crippen molar-refractivity contribution in [2.24, 2.45) is 0 Å². The second kappa shape index (κ2) is 9.69. The Kier molecular flexibility index (Phi) is 6.20. The van der Waals surface area contributed by atoms with Crippen LogP contribution in [0.5, 0.6) is 0 Å². The number of rotatable bonds is 5. The molecule has 1 fully saturated rings. The van der Waals surface area contributed by atoms with Gasteiger partial charge in [-0.2, -0.15) is 0 Å². The quantitative estimate of drug-likeness (QED) is 0.309. The zero-order chi connectivity index (χ0) is 26.4. The second-order valence-corrected chi connectivity index (χ2v) is 10.5. The fourth-order valence-electron chi connectivity index (χ4n) is 5.42. The molecule has 4 aromatic rings. The van der Waals surface area contributed by atoms with Crippen molar-refractivity contribution in [2.45, 2.75) is 38.8 Å². The number of amides is 3. The van der Waals surface area contributed by atoms with Gasteiger partial charge in [0.25, 0.3) is 0 Å². The number of aryl methyl sites for hydroxylation is 2. The molecule has 1 aliphatic heterocycles. The molecule has 6 nitrogen and oxygen atoms in total. The monoisotopic (exact) mass is 524 g/mol. The van der Waals surface area contributed by atoms with Crippen LogP contribution >= 0.6 is 11.6 Å². The summed E-state index contributed by atoms with van der Waals surface area (Å²) in [4.78, 5) is 31.3. The number of aromatic nitrogens is 1. The summed E-state index contributed by atoms with van der Waals surface area (Å²) in [6.07, 6.45) is 3.80. The summed E-state index contributed by atoms with van der Waals surface area (Å²) >= 11 is 6.40. The molecule has 7 heteroatoms. The van der Waals surface area contributed by atoms with E-state index in [1.54, 1.807) is 4.90 Å². The summed E-state index contributed by atoms with van der Waals surface area (Å²) in [5.41, 5.74) is 6.40. The van der Waals surface area contributed by atoms with Gasteiger partial charge in [0.15, 0.2) is 0 Å². The highest BCUT2D eigenvalue weighted by Gasteiger charge is 2.40. The van der Waals surface area contributed by atoms with Crippen LogP contribution in [0, 0.1) is 13.8 Å². The van der Waals surface area contributed by atoms with Crippen LogP contribution in [0.3, 0.4) is 0 Å². The first kappa shape index (κ1) is 24.3. The van der Waals surface area contributed by atoms with Crippen LogP contribution in [-0.2, 0) is 4.79 Å². The topological polar surface area (TPSA) is 57.6 Å². The van der Waals surface area contributed by atoms with Crippen molar-refractivity contribution in [2.75, 3.05) is 16.8 Å². The lowest BCUT2D eigenvalue weighted by molar-refractivity contribution is -0.119. The van der Waals surface area contributed by atoms with Crippen molar-refractivity contribution in [1.29, 1.82) is 0 Å². The van der Waals surface area contributed by atoms with E-state index >= 15 is 0 Å².